The first-order chi connectivity index (χ1) is 17.8. The van der Waals surface area contributed by atoms with Gasteiger partial charge in [0.15, 0.2) is 5.82 Å². The molecule has 0 bridgehead atoms. The van der Waals surface area contributed by atoms with Crippen molar-refractivity contribution in [2.45, 2.75) is 24.9 Å². The molecule has 2 aromatic rings. The van der Waals surface area contributed by atoms with E-state index in [9.17, 15) is 24.3 Å². The summed E-state index contributed by atoms with van der Waals surface area (Å²) in [7, 11) is -3.43. The minimum absolute atomic E-state index is 0.0342. The number of nitrogens with two attached hydrogens (primary N) is 1. The maximum Gasteiger partial charge on any atom is 0.466 e. The van der Waals surface area contributed by atoms with Gasteiger partial charge in [-0.3, -0.25) is 19.4 Å². The van der Waals surface area contributed by atoms with Gasteiger partial charge in [0.25, 0.3) is 11.5 Å². The quantitative estimate of drug-likeness (QED) is 0.129. The van der Waals surface area contributed by atoms with Crippen molar-refractivity contribution < 1.29 is 43.5 Å². The lowest BCUT2D eigenvalue weighted by atomic mass is 10.1. The van der Waals surface area contributed by atoms with Crippen LogP contribution in [0.4, 0.5) is 23.1 Å². The number of benzene rings is 1. The van der Waals surface area contributed by atoms with Crippen LogP contribution in [0.25, 0.3) is 0 Å². The number of carboxylic acid groups (broad SMARTS) is 1. The number of rotatable bonds is 9. The van der Waals surface area contributed by atoms with Crippen molar-refractivity contribution in [3.05, 3.63) is 40.2 Å². The highest BCUT2D eigenvalue weighted by atomic mass is 31.2. The third-order valence-electron chi connectivity index (χ3n) is 4.97. The SMILES string of the molecule is COC(=O)CCC(NC(=O)c1ccc(NCC2CNc3nc(N)[nH]c(=O)c3N2)cc1)C(=O)O.O=P(O)(O)O. The van der Waals surface area contributed by atoms with Crippen molar-refractivity contribution in [3.8, 4) is 0 Å². The van der Waals surface area contributed by atoms with E-state index < -0.39 is 31.7 Å². The van der Waals surface area contributed by atoms with Gasteiger partial charge in [0.05, 0.1) is 13.2 Å². The Morgan fingerprint density at radius 3 is 2.45 bits per heavy atom. The molecule has 1 amide bonds. The molecule has 17 nitrogen and oxygen atoms in total. The number of nitrogens with zero attached hydrogens (tertiary/aromatic N) is 1. The Morgan fingerprint density at radius 2 is 1.87 bits per heavy atom. The van der Waals surface area contributed by atoms with Gasteiger partial charge in [0.1, 0.15) is 11.7 Å². The van der Waals surface area contributed by atoms with Crippen LogP contribution in [0.5, 0.6) is 0 Å². The number of carbonyl (C=O) groups is 3. The van der Waals surface area contributed by atoms with Crippen molar-refractivity contribution in [1.29, 1.82) is 0 Å². The number of carboxylic acids is 1. The van der Waals surface area contributed by atoms with Gasteiger partial charge < -0.3 is 51.5 Å². The topological polar surface area (TPSA) is 278 Å². The summed E-state index contributed by atoms with van der Waals surface area (Å²) in [5.41, 5.74) is 6.48. The Morgan fingerprint density at radius 1 is 1.24 bits per heavy atom. The average molecular weight is 557 g/mol. The van der Waals surface area contributed by atoms with Crippen LogP contribution in [0.2, 0.25) is 0 Å². The number of anilines is 4. The number of fused-ring (bicyclic) bond motifs is 1. The monoisotopic (exact) mass is 557 g/mol. The van der Waals surface area contributed by atoms with E-state index in [2.05, 4.69) is 36.0 Å². The third kappa shape index (κ3) is 10.1. The number of nitrogen functional groups attached to an aromatic ring is 1. The summed E-state index contributed by atoms with van der Waals surface area (Å²) in [5, 5.41) is 21.0. The summed E-state index contributed by atoms with van der Waals surface area (Å²) in [6, 6.07) is 5.14. The second kappa shape index (κ2) is 13.4. The second-order valence-electron chi connectivity index (χ2n) is 7.85. The molecule has 0 saturated heterocycles. The molecule has 2 unspecified atom stereocenters. The summed E-state index contributed by atoms with van der Waals surface area (Å²) in [5.74, 6) is -1.93. The van der Waals surface area contributed by atoms with Crippen molar-refractivity contribution in [3.63, 3.8) is 0 Å². The number of methoxy groups -OCH3 is 1. The molecule has 1 aliphatic heterocycles. The zero-order chi connectivity index (χ0) is 28.5. The number of nitrogens with one attached hydrogen (secondary N) is 5. The Bertz CT molecular complexity index is 1240. The smallest absolute Gasteiger partial charge is 0.466 e. The number of phosphoric acid groups is 1. The fourth-order valence-corrected chi connectivity index (χ4v) is 3.19. The number of aromatic nitrogens is 2. The lowest BCUT2D eigenvalue weighted by Gasteiger charge is -2.27. The first kappa shape index (κ1) is 30.0. The van der Waals surface area contributed by atoms with Crippen LogP contribution in [0.15, 0.2) is 29.1 Å². The molecule has 0 fully saturated rings. The molecule has 38 heavy (non-hydrogen) atoms. The minimum Gasteiger partial charge on any atom is -0.480 e. The minimum atomic E-state index is -4.64. The molecular weight excluding hydrogens is 529 g/mol. The number of carbonyl (C=O) groups excluding carboxylic acids is 2. The second-order valence-corrected chi connectivity index (χ2v) is 8.87. The van der Waals surface area contributed by atoms with E-state index in [1.54, 1.807) is 24.3 Å². The van der Waals surface area contributed by atoms with Gasteiger partial charge in [-0.15, -0.1) is 0 Å². The number of esters is 1. The Labute approximate surface area is 215 Å². The molecule has 208 valence electrons. The van der Waals surface area contributed by atoms with Crippen LogP contribution in [0, 0.1) is 0 Å². The van der Waals surface area contributed by atoms with E-state index in [0.717, 1.165) is 5.69 Å². The van der Waals surface area contributed by atoms with Gasteiger partial charge in [-0.2, -0.15) is 4.98 Å². The normalized spacial score (nSPS) is 14.8. The van der Waals surface area contributed by atoms with E-state index in [1.807, 2.05) is 0 Å². The molecular formula is C20H28N7O10P. The molecule has 0 spiro atoms. The predicted molar refractivity (Wildman–Crippen MR) is 135 cm³/mol. The highest BCUT2D eigenvalue weighted by molar-refractivity contribution is 7.45. The van der Waals surface area contributed by atoms with E-state index in [0.29, 0.717) is 24.6 Å². The summed E-state index contributed by atoms with van der Waals surface area (Å²) in [4.78, 5) is 75.0. The van der Waals surface area contributed by atoms with Gasteiger partial charge in [-0.05, 0) is 30.7 Å². The Kier molecular flexibility index (Phi) is 10.6. The standard InChI is InChI=1S/C20H25N7O6.H3O4P/c1-33-14(28)7-6-13(19(31)32)25-17(29)10-2-4-11(5-3-10)22-8-12-9-23-16-15(24-12)18(30)27-20(21)26-16;1-5(2,3)4/h2-5,12-13,22,24H,6-9H2,1H3,(H,25,29)(H,31,32)(H4,21,23,26,27,30);(H3,1,2,3,4). The molecule has 2 atom stereocenters. The molecule has 0 saturated carbocycles. The van der Waals surface area contributed by atoms with Gasteiger partial charge in [-0.25, -0.2) is 9.36 Å². The van der Waals surface area contributed by atoms with Crippen LogP contribution in [0.3, 0.4) is 0 Å². The van der Waals surface area contributed by atoms with Crippen LogP contribution < -0.4 is 32.6 Å². The number of amides is 1. The van der Waals surface area contributed by atoms with E-state index >= 15 is 0 Å². The predicted octanol–water partition coefficient (Wildman–Crippen LogP) is -1.12. The lowest BCUT2D eigenvalue weighted by molar-refractivity contribution is -0.142. The molecule has 1 aromatic carbocycles. The number of H-pyrrole nitrogens is 1. The zero-order valence-corrected chi connectivity index (χ0v) is 20.9. The average Bonchev–Trinajstić information content (AvgIpc) is 2.84. The molecule has 0 radical (unpaired) electrons. The fourth-order valence-electron chi connectivity index (χ4n) is 3.19. The maximum absolute atomic E-state index is 12.4. The van der Waals surface area contributed by atoms with E-state index in [-0.39, 0.29) is 36.0 Å². The summed E-state index contributed by atoms with van der Waals surface area (Å²) in [6.07, 6.45) is -0.204. The lowest BCUT2D eigenvalue weighted by Crippen LogP contribution is -2.41. The summed E-state index contributed by atoms with van der Waals surface area (Å²) < 4.78 is 13.4. The zero-order valence-electron chi connectivity index (χ0n) is 20.0. The third-order valence-corrected chi connectivity index (χ3v) is 4.97. The van der Waals surface area contributed by atoms with Crippen molar-refractivity contribution >= 4 is 48.8 Å². The number of hydrogen-bond acceptors (Lipinski definition) is 11. The maximum atomic E-state index is 12.4. The van der Waals surface area contributed by atoms with Crippen molar-refractivity contribution in [1.82, 2.24) is 15.3 Å². The Balaban J connectivity index is 0.000000926. The molecule has 1 aliphatic rings. The number of aliphatic carboxylic acids is 1. The first-order valence-electron chi connectivity index (χ1n) is 10.9. The number of ether oxygens (including phenoxy) is 1. The van der Waals surface area contributed by atoms with Crippen LogP contribution in [-0.4, -0.2) is 79.9 Å². The number of hydrogen-bond donors (Lipinski definition) is 10. The molecule has 0 aliphatic carbocycles. The van der Waals surface area contributed by atoms with E-state index in [4.69, 9.17) is 25.0 Å². The van der Waals surface area contributed by atoms with Crippen molar-refractivity contribution in [2.75, 3.05) is 41.9 Å². The molecule has 18 heteroatoms. The molecule has 11 N–H and O–H groups in total. The fraction of sp³-hybridized carbons (Fsp3) is 0.350. The molecule has 3 rings (SSSR count). The van der Waals surface area contributed by atoms with Crippen LogP contribution >= 0.6 is 7.82 Å². The van der Waals surface area contributed by atoms with Crippen molar-refractivity contribution in [2.24, 2.45) is 0 Å². The van der Waals surface area contributed by atoms with Crippen LogP contribution in [-0.2, 0) is 18.9 Å². The highest BCUT2D eigenvalue weighted by Crippen LogP contribution is 2.25. The Hall–Kier alpha value is -4.18. The first-order valence-corrected chi connectivity index (χ1v) is 12.5. The highest BCUT2D eigenvalue weighted by Gasteiger charge is 2.23. The van der Waals surface area contributed by atoms with Gasteiger partial charge in [0.2, 0.25) is 5.95 Å². The molecule has 2 heterocycles. The van der Waals surface area contributed by atoms with Gasteiger partial charge in [-0.1, -0.05) is 0 Å². The van der Waals surface area contributed by atoms with Gasteiger partial charge in [0, 0.05) is 30.8 Å². The summed E-state index contributed by atoms with van der Waals surface area (Å²) >= 11 is 0. The van der Waals surface area contributed by atoms with E-state index in [1.165, 1.54) is 7.11 Å². The van der Waals surface area contributed by atoms with Crippen LogP contribution in [0.1, 0.15) is 23.2 Å². The van der Waals surface area contributed by atoms with Gasteiger partial charge >= 0.3 is 19.8 Å². The summed E-state index contributed by atoms with van der Waals surface area (Å²) in [6.45, 7) is 0.981. The molecule has 1 aromatic heterocycles. The number of aromatic amines is 1. The largest absolute Gasteiger partial charge is 0.480 e.